The molecule has 0 aliphatic rings. The number of hydrogen-bond donors (Lipinski definition) is 1. The highest BCUT2D eigenvalue weighted by Gasteiger charge is 1.93. The number of methoxy groups -OCH3 is 1. The Labute approximate surface area is 92.6 Å². The van der Waals surface area contributed by atoms with Crippen LogP contribution in [0, 0.1) is 6.92 Å². The predicted octanol–water partition coefficient (Wildman–Crippen LogP) is 2.16. The molecule has 1 aromatic carbocycles. The van der Waals surface area contributed by atoms with Gasteiger partial charge in [-0.15, -0.1) is 0 Å². The van der Waals surface area contributed by atoms with Crippen LogP contribution in [0.1, 0.15) is 17.5 Å². The van der Waals surface area contributed by atoms with Crippen LogP contribution in [0.5, 0.6) is 0 Å². The Morgan fingerprint density at radius 3 is 2.87 bits per heavy atom. The van der Waals surface area contributed by atoms with Crippen LogP contribution in [0.3, 0.4) is 0 Å². The van der Waals surface area contributed by atoms with Crippen molar-refractivity contribution in [3.05, 3.63) is 35.4 Å². The first-order valence-electron chi connectivity index (χ1n) is 5.58. The molecule has 0 aromatic heterocycles. The summed E-state index contributed by atoms with van der Waals surface area (Å²) in [5.74, 6) is 0. The van der Waals surface area contributed by atoms with Gasteiger partial charge < -0.3 is 10.1 Å². The number of aryl methyl sites for hydroxylation is 2. The molecule has 0 heterocycles. The third-order valence-electron chi connectivity index (χ3n) is 2.38. The first-order chi connectivity index (χ1) is 7.33. The molecular weight excluding hydrogens is 186 g/mol. The van der Waals surface area contributed by atoms with Crippen molar-refractivity contribution < 1.29 is 4.74 Å². The maximum atomic E-state index is 4.96. The van der Waals surface area contributed by atoms with E-state index in [1.807, 2.05) is 0 Å². The van der Waals surface area contributed by atoms with Gasteiger partial charge in [-0.1, -0.05) is 29.8 Å². The second-order valence-corrected chi connectivity index (χ2v) is 3.84. The molecule has 84 valence electrons. The van der Waals surface area contributed by atoms with Crippen LogP contribution in [-0.4, -0.2) is 26.8 Å². The van der Waals surface area contributed by atoms with Crippen molar-refractivity contribution in [2.24, 2.45) is 0 Å². The van der Waals surface area contributed by atoms with Gasteiger partial charge in [0.2, 0.25) is 0 Å². The summed E-state index contributed by atoms with van der Waals surface area (Å²) in [6, 6.07) is 8.72. The fourth-order valence-corrected chi connectivity index (χ4v) is 1.58. The van der Waals surface area contributed by atoms with Gasteiger partial charge in [0, 0.05) is 13.7 Å². The minimum Gasteiger partial charge on any atom is -0.383 e. The van der Waals surface area contributed by atoms with E-state index >= 15 is 0 Å². The maximum absolute atomic E-state index is 4.96. The summed E-state index contributed by atoms with van der Waals surface area (Å²) in [6.45, 7) is 4.95. The van der Waals surface area contributed by atoms with Crippen LogP contribution in [-0.2, 0) is 11.2 Å². The fourth-order valence-electron chi connectivity index (χ4n) is 1.58. The van der Waals surface area contributed by atoms with Crippen molar-refractivity contribution in [1.82, 2.24) is 5.32 Å². The molecule has 0 radical (unpaired) electrons. The van der Waals surface area contributed by atoms with E-state index in [2.05, 4.69) is 36.5 Å². The summed E-state index contributed by atoms with van der Waals surface area (Å²) < 4.78 is 4.96. The van der Waals surface area contributed by atoms with Crippen LogP contribution in [0.15, 0.2) is 24.3 Å². The minimum atomic E-state index is 0.796. The third-order valence-corrected chi connectivity index (χ3v) is 2.38. The van der Waals surface area contributed by atoms with E-state index in [1.54, 1.807) is 7.11 Å². The molecule has 0 spiro atoms. The summed E-state index contributed by atoms with van der Waals surface area (Å²) in [4.78, 5) is 0. The smallest absolute Gasteiger partial charge is 0.0587 e. The van der Waals surface area contributed by atoms with Crippen LogP contribution in [0.4, 0.5) is 0 Å². The molecule has 0 aliphatic carbocycles. The van der Waals surface area contributed by atoms with Crippen LogP contribution >= 0.6 is 0 Å². The van der Waals surface area contributed by atoms with Crippen LogP contribution in [0.25, 0.3) is 0 Å². The van der Waals surface area contributed by atoms with E-state index in [9.17, 15) is 0 Å². The summed E-state index contributed by atoms with van der Waals surface area (Å²) >= 11 is 0. The Morgan fingerprint density at radius 1 is 1.27 bits per heavy atom. The lowest BCUT2D eigenvalue weighted by molar-refractivity contribution is 0.199. The molecule has 0 bridgehead atoms. The van der Waals surface area contributed by atoms with Crippen molar-refractivity contribution in [3.8, 4) is 0 Å². The normalized spacial score (nSPS) is 10.5. The minimum absolute atomic E-state index is 0.796. The molecule has 0 amide bonds. The van der Waals surface area contributed by atoms with Gasteiger partial charge in [-0.05, 0) is 31.9 Å². The molecule has 2 heteroatoms. The van der Waals surface area contributed by atoms with Crippen LogP contribution < -0.4 is 5.32 Å². The summed E-state index contributed by atoms with van der Waals surface area (Å²) in [6.07, 6.45) is 2.34. The van der Waals surface area contributed by atoms with Gasteiger partial charge in [-0.25, -0.2) is 0 Å². The topological polar surface area (TPSA) is 21.3 Å². The molecule has 0 aliphatic heterocycles. The Morgan fingerprint density at radius 2 is 2.13 bits per heavy atom. The lowest BCUT2D eigenvalue weighted by atomic mass is 10.1. The number of rotatable bonds is 7. The second kappa shape index (κ2) is 7.43. The molecular formula is C13H21NO. The SMILES string of the molecule is COCCNCCCc1cccc(C)c1. The standard InChI is InChI=1S/C13H21NO/c1-12-5-3-6-13(11-12)7-4-8-14-9-10-15-2/h3,5-6,11,14H,4,7-10H2,1-2H3. The highest BCUT2D eigenvalue weighted by Crippen LogP contribution is 2.05. The van der Waals surface area contributed by atoms with Gasteiger partial charge in [-0.3, -0.25) is 0 Å². The summed E-state index contributed by atoms with van der Waals surface area (Å²) in [5, 5.41) is 3.35. The van der Waals surface area contributed by atoms with Gasteiger partial charge in [0.05, 0.1) is 6.61 Å². The average Bonchev–Trinajstić information content (AvgIpc) is 2.23. The number of hydrogen-bond acceptors (Lipinski definition) is 2. The van der Waals surface area contributed by atoms with Crippen molar-refractivity contribution in [1.29, 1.82) is 0 Å². The fraction of sp³-hybridized carbons (Fsp3) is 0.538. The first kappa shape index (κ1) is 12.2. The van der Waals surface area contributed by atoms with E-state index in [0.29, 0.717) is 0 Å². The van der Waals surface area contributed by atoms with E-state index in [4.69, 9.17) is 4.74 Å². The molecule has 1 N–H and O–H groups in total. The van der Waals surface area contributed by atoms with Crippen LogP contribution in [0.2, 0.25) is 0 Å². The molecule has 1 aromatic rings. The third kappa shape index (κ3) is 5.55. The average molecular weight is 207 g/mol. The highest BCUT2D eigenvalue weighted by atomic mass is 16.5. The zero-order chi connectivity index (χ0) is 10.9. The molecule has 1 rings (SSSR count). The Kier molecular flexibility index (Phi) is 6.05. The van der Waals surface area contributed by atoms with E-state index in [-0.39, 0.29) is 0 Å². The Balaban J connectivity index is 2.10. The first-order valence-corrected chi connectivity index (χ1v) is 5.58. The van der Waals surface area contributed by atoms with Crippen molar-refractivity contribution in [2.45, 2.75) is 19.8 Å². The lowest BCUT2D eigenvalue weighted by Crippen LogP contribution is -2.20. The molecule has 2 nitrogen and oxygen atoms in total. The van der Waals surface area contributed by atoms with Crippen molar-refractivity contribution in [2.75, 3.05) is 26.8 Å². The summed E-state index contributed by atoms with van der Waals surface area (Å²) in [5.41, 5.74) is 2.78. The van der Waals surface area contributed by atoms with Crippen molar-refractivity contribution >= 4 is 0 Å². The van der Waals surface area contributed by atoms with Gasteiger partial charge in [0.1, 0.15) is 0 Å². The number of nitrogens with one attached hydrogen (secondary N) is 1. The molecule has 15 heavy (non-hydrogen) atoms. The lowest BCUT2D eigenvalue weighted by Gasteiger charge is -2.04. The zero-order valence-electron chi connectivity index (χ0n) is 9.75. The monoisotopic (exact) mass is 207 g/mol. The zero-order valence-corrected chi connectivity index (χ0v) is 9.75. The number of ether oxygens (including phenoxy) is 1. The number of benzene rings is 1. The second-order valence-electron chi connectivity index (χ2n) is 3.84. The van der Waals surface area contributed by atoms with Gasteiger partial charge in [0.15, 0.2) is 0 Å². The van der Waals surface area contributed by atoms with Gasteiger partial charge >= 0.3 is 0 Å². The van der Waals surface area contributed by atoms with E-state index in [1.165, 1.54) is 17.5 Å². The van der Waals surface area contributed by atoms with Gasteiger partial charge in [0.25, 0.3) is 0 Å². The van der Waals surface area contributed by atoms with E-state index < -0.39 is 0 Å². The molecule has 0 saturated carbocycles. The Bertz CT molecular complexity index is 273. The summed E-state index contributed by atoms with van der Waals surface area (Å²) in [7, 11) is 1.73. The molecule has 0 fully saturated rings. The Hall–Kier alpha value is -0.860. The molecule has 0 saturated heterocycles. The maximum Gasteiger partial charge on any atom is 0.0587 e. The van der Waals surface area contributed by atoms with E-state index in [0.717, 1.165) is 26.1 Å². The van der Waals surface area contributed by atoms with Crippen molar-refractivity contribution in [3.63, 3.8) is 0 Å². The molecule has 0 atom stereocenters. The quantitative estimate of drug-likeness (QED) is 0.692. The predicted molar refractivity (Wildman–Crippen MR) is 64.2 cm³/mol. The molecule has 0 unspecified atom stereocenters. The largest absolute Gasteiger partial charge is 0.383 e. The van der Waals surface area contributed by atoms with Gasteiger partial charge in [-0.2, -0.15) is 0 Å². The highest BCUT2D eigenvalue weighted by molar-refractivity contribution is 5.22.